The Morgan fingerprint density at radius 2 is 1.77 bits per heavy atom. The van der Waals surface area contributed by atoms with Gasteiger partial charge in [0.1, 0.15) is 11.4 Å². The molecule has 7 heteroatoms. The monoisotopic (exact) mass is 426 g/mol. The van der Waals surface area contributed by atoms with Crippen LogP contribution in [0.2, 0.25) is 0 Å². The van der Waals surface area contributed by atoms with Crippen molar-refractivity contribution in [3.63, 3.8) is 0 Å². The second-order valence-corrected chi connectivity index (χ2v) is 9.13. The fourth-order valence-corrected chi connectivity index (χ4v) is 4.42. The smallest absolute Gasteiger partial charge is 0.292 e. The number of rotatable bonds is 5. The minimum absolute atomic E-state index is 0.0475. The first kappa shape index (κ1) is 21.6. The minimum Gasteiger partial charge on any atom is -0.496 e. The van der Waals surface area contributed by atoms with Crippen LogP contribution < -0.4 is 9.64 Å². The summed E-state index contributed by atoms with van der Waals surface area (Å²) in [6, 6.07) is 13.4. The van der Waals surface area contributed by atoms with Crippen LogP contribution in [0, 0.1) is 15.5 Å². The molecule has 2 aromatic carbocycles. The van der Waals surface area contributed by atoms with Crippen LogP contribution in [0.1, 0.15) is 50.0 Å². The van der Waals surface area contributed by atoms with Gasteiger partial charge in [0.2, 0.25) is 0 Å². The first-order valence-electron chi connectivity index (χ1n) is 10.8. The molecule has 0 unspecified atom stereocenters. The quantitative estimate of drug-likeness (QED) is 0.491. The molecule has 0 atom stereocenters. The third-order valence-electron chi connectivity index (χ3n) is 6.13. The molecular weight excluding hydrogens is 396 g/mol. The molecule has 0 aliphatic carbocycles. The summed E-state index contributed by atoms with van der Waals surface area (Å²) in [6.07, 6.45) is 1.28. The van der Waals surface area contributed by atoms with E-state index in [1.165, 1.54) is 5.56 Å². The maximum absolute atomic E-state index is 11.9. The summed E-state index contributed by atoms with van der Waals surface area (Å²) in [7, 11) is 1.69. The molecule has 0 aromatic heterocycles. The number of hydrogen-bond donors (Lipinski definition) is 0. The molecule has 0 N–H and O–H groups in total. The molecule has 0 spiro atoms. The number of para-hydroxylation sites is 1. The van der Waals surface area contributed by atoms with Crippen LogP contribution >= 0.6 is 0 Å². The van der Waals surface area contributed by atoms with Crippen LogP contribution in [0.3, 0.4) is 0 Å². The van der Waals surface area contributed by atoms with Crippen molar-refractivity contribution in [3.05, 3.63) is 63.7 Å². The lowest BCUT2D eigenvalue weighted by Gasteiger charge is -2.35. The summed E-state index contributed by atoms with van der Waals surface area (Å²) >= 11 is 0. The number of hydrogen-bond acceptors (Lipinski definition) is 6. The average Bonchev–Trinajstić information content (AvgIpc) is 2.79. The third-order valence-corrected chi connectivity index (χ3v) is 6.13. The fourth-order valence-electron chi connectivity index (χ4n) is 4.42. The van der Waals surface area contributed by atoms with Crippen molar-refractivity contribution < 1.29 is 19.1 Å². The fraction of sp³-hybridized carbons (Fsp3) is 0.500. The van der Waals surface area contributed by atoms with Crippen molar-refractivity contribution in [2.45, 2.75) is 38.9 Å². The predicted octanol–water partition coefficient (Wildman–Crippen LogP) is 5.06. The zero-order valence-corrected chi connectivity index (χ0v) is 18.4. The van der Waals surface area contributed by atoms with Crippen LogP contribution in [0.5, 0.6) is 5.75 Å². The third kappa shape index (κ3) is 4.67. The first-order valence-corrected chi connectivity index (χ1v) is 10.8. The van der Waals surface area contributed by atoms with Gasteiger partial charge >= 0.3 is 0 Å². The number of ether oxygens (including phenoxy) is 3. The van der Waals surface area contributed by atoms with Gasteiger partial charge in [-0.3, -0.25) is 10.1 Å². The van der Waals surface area contributed by atoms with Crippen molar-refractivity contribution in [1.82, 2.24) is 0 Å². The van der Waals surface area contributed by atoms with Gasteiger partial charge in [0.15, 0.2) is 6.29 Å². The Bertz CT molecular complexity index is 927. The van der Waals surface area contributed by atoms with Gasteiger partial charge in [0.05, 0.1) is 25.2 Å². The topological polar surface area (TPSA) is 74.1 Å². The molecule has 2 aliphatic heterocycles. The van der Waals surface area contributed by atoms with E-state index in [4.69, 9.17) is 14.2 Å². The minimum atomic E-state index is -0.558. The Morgan fingerprint density at radius 1 is 1.10 bits per heavy atom. The van der Waals surface area contributed by atoms with Crippen molar-refractivity contribution in [1.29, 1.82) is 0 Å². The normalized spacial score (nSPS) is 19.9. The van der Waals surface area contributed by atoms with Gasteiger partial charge in [0.25, 0.3) is 5.69 Å². The SMILES string of the molecule is COc1ccccc1C1CCN(c2ccc(C3OCC(C)(C)CO3)cc2[N+](=O)[O-])CC1. The first-order chi connectivity index (χ1) is 14.9. The number of anilines is 1. The van der Waals surface area contributed by atoms with Crippen LogP contribution in [0.4, 0.5) is 11.4 Å². The van der Waals surface area contributed by atoms with Crippen LogP contribution in [-0.4, -0.2) is 38.3 Å². The van der Waals surface area contributed by atoms with Gasteiger partial charge in [-0.2, -0.15) is 0 Å². The molecule has 0 radical (unpaired) electrons. The molecular formula is C24H30N2O5. The number of nitro groups is 1. The second kappa shape index (κ2) is 8.85. The summed E-state index contributed by atoms with van der Waals surface area (Å²) in [4.78, 5) is 13.7. The zero-order valence-electron chi connectivity index (χ0n) is 18.4. The second-order valence-electron chi connectivity index (χ2n) is 9.13. The lowest BCUT2D eigenvalue weighted by atomic mass is 9.88. The Kier molecular flexibility index (Phi) is 6.16. The average molecular weight is 427 g/mol. The molecule has 0 amide bonds. The largest absolute Gasteiger partial charge is 0.496 e. The van der Waals surface area contributed by atoms with Gasteiger partial charge in [-0.15, -0.1) is 0 Å². The summed E-state index contributed by atoms with van der Waals surface area (Å²) in [5.74, 6) is 1.30. The van der Waals surface area contributed by atoms with Crippen molar-refractivity contribution in [2.24, 2.45) is 5.41 Å². The van der Waals surface area contributed by atoms with Gasteiger partial charge in [0, 0.05) is 30.1 Å². The molecule has 7 nitrogen and oxygen atoms in total. The lowest BCUT2D eigenvalue weighted by Crippen LogP contribution is -2.34. The number of methoxy groups -OCH3 is 1. The zero-order chi connectivity index (χ0) is 22.0. The van der Waals surface area contributed by atoms with Crippen LogP contribution in [-0.2, 0) is 9.47 Å². The maximum atomic E-state index is 11.9. The van der Waals surface area contributed by atoms with E-state index in [-0.39, 0.29) is 16.0 Å². The number of benzene rings is 2. The van der Waals surface area contributed by atoms with E-state index >= 15 is 0 Å². The Morgan fingerprint density at radius 3 is 2.42 bits per heavy atom. The molecule has 2 saturated heterocycles. The van der Waals surface area contributed by atoms with E-state index in [1.54, 1.807) is 13.2 Å². The summed E-state index contributed by atoms with van der Waals surface area (Å²) in [5, 5.41) is 11.9. The molecule has 4 rings (SSSR count). The van der Waals surface area contributed by atoms with Crippen LogP contribution in [0.25, 0.3) is 0 Å². The highest BCUT2D eigenvalue weighted by Gasteiger charge is 2.32. The highest BCUT2D eigenvalue weighted by atomic mass is 16.7. The van der Waals surface area contributed by atoms with Crippen molar-refractivity contribution in [3.8, 4) is 5.75 Å². The molecule has 0 bridgehead atoms. The Balaban J connectivity index is 1.49. The van der Waals surface area contributed by atoms with Crippen LogP contribution in [0.15, 0.2) is 42.5 Å². The predicted molar refractivity (Wildman–Crippen MR) is 119 cm³/mol. The van der Waals surface area contributed by atoms with Gasteiger partial charge in [-0.1, -0.05) is 38.1 Å². The molecule has 2 fully saturated rings. The standard InChI is InChI=1S/C24H30N2O5/c1-24(2)15-30-23(31-16-24)18-8-9-20(21(14-18)26(27)28)25-12-10-17(11-13-25)19-6-4-5-7-22(19)29-3/h4-9,14,17,23H,10-13,15-16H2,1-3H3. The van der Waals surface area contributed by atoms with E-state index in [2.05, 4.69) is 24.8 Å². The van der Waals surface area contributed by atoms with E-state index in [0.717, 1.165) is 31.7 Å². The van der Waals surface area contributed by atoms with Crippen molar-refractivity contribution in [2.75, 3.05) is 38.3 Å². The summed E-state index contributed by atoms with van der Waals surface area (Å²) in [6.45, 7) is 6.78. The number of nitro benzene ring substituents is 1. The van der Waals surface area contributed by atoms with E-state index in [0.29, 0.717) is 30.4 Å². The Hall–Kier alpha value is -2.64. The Labute approximate surface area is 183 Å². The highest BCUT2D eigenvalue weighted by Crippen LogP contribution is 2.39. The van der Waals surface area contributed by atoms with Gasteiger partial charge in [-0.05, 0) is 36.5 Å². The van der Waals surface area contributed by atoms with Crippen molar-refractivity contribution >= 4 is 11.4 Å². The highest BCUT2D eigenvalue weighted by molar-refractivity contribution is 5.65. The number of nitrogens with zero attached hydrogens (tertiary/aromatic N) is 2. The van der Waals surface area contributed by atoms with Gasteiger partial charge in [-0.25, -0.2) is 0 Å². The lowest BCUT2D eigenvalue weighted by molar-refractivity contribution is -0.384. The maximum Gasteiger partial charge on any atom is 0.292 e. The van der Waals surface area contributed by atoms with E-state index in [9.17, 15) is 10.1 Å². The molecule has 0 saturated carbocycles. The number of piperidine rings is 1. The van der Waals surface area contributed by atoms with E-state index in [1.807, 2.05) is 30.3 Å². The van der Waals surface area contributed by atoms with E-state index < -0.39 is 6.29 Å². The molecule has 166 valence electrons. The van der Waals surface area contributed by atoms with Gasteiger partial charge < -0.3 is 19.1 Å². The summed E-state index contributed by atoms with van der Waals surface area (Å²) in [5.41, 5.74) is 2.61. The molecule has 2 heterocycles. The molecule has 2 aliphatic rings. The molecule has 2 aromatic rings. The summed E-state index contributed by atoms with van der Waals surface area (Å²) < 4.78 is 17.1. The molecule has 31 heavy (non-hydrogen) atoms.